The van der Waals surface area contributed by atoms with Crippen LogP contribution in [0.3, 0.4) is 0 Å². The Bertz CT molecular complexity index is 545. The lowest BCUT2D eigenvalue weighted by Gasteiger charge is -2.31. The summed E-state index contributed by atoms with van der Waals surface area (Å²) in [5.41, 5.74) is 1.49. The minimum Gasteiger partial charge on any atom is -0.481 e. The number of aliphatic carboxylic acids is 1. The van der Waals surface area contributed by atoms with Crippen molar-refractivity contribution >= 4 is 12.1 Å². The van der Waals surface area contributed by atoms with Crippen LogP contribution in [0.25, 0.3) is 0 Å². The van der Waals surface area contributed by atoms with E-state index in [0.29, 0.717) is 6.42 Å². The fourth-order valence-electron chi connectivity index (χ4n) is 2.48. The Labute approximate surface area is 144 Å². The van der Waals surface area contributed by atoms with E-state index >= 15 is 0 Å². The Morgan fingerprint density at radius 2 is 1.79 bits per heavy atom. The van der Waals surface area contributed by atoms with Crippen LogP contribution in [-0.4, -0.2) is 34.7 Å². The molecule has 0 spiro atoms. The van der Waals surface area contributed by atoms with Gasteiger partial charge in [0.25, 0.3) is 0 Å². The minimum absolute atomic E-state index is 0.0571. The Morgan fingerprint density at radius 1 is 1.21 bits per heavy atom. The molecule has 0 bridgehead atoms. The van der Waals surface area contributed by atoms with Gasteiger partial charge in [0, 0.05) is 13.5 Å². The molecule has 5 heteroatoms. The standard InChI is InChI=1S/C19H29NO4/c1-6-7-16(20(5)18(23)24-19(2,3)4)15-11-8-14(9-12-15)10-13-17(21)22/h8-9,11-12,16H,6-7,10,13H2,1-5H3,(H,21,22). The summed E-state index contributed by atoms with van der Waals surface area (Å²) in [7, 11) is 1.76. The predicted octanol–water partition coefficient (Wildman–Crippen LogP) is 4.41. The fraction of sp³-hybridized carbons (Fsp3) is 0.579. The van der Waals surface area contributed by atoms with Gasteiger partial charge in [-0.2, -0.15) is 0 Å². The summed E-state index contributed by atoms with van der Waals surface area (Å²) in [5.74, 6) is -0.799. The van der Waals surface area contributed by atoms with Gasteiger partial charge in [0.2, 0.25) is 0 Å². The Morgan fingerprint density at radius 3 is 2.25 bits per heavy atom. The average molecular weight is 335 g/mol. The first kappa shape index (κ1) is 20.0. The fourth-order valence-corrected chi connectivity index (χ4v) is 2.48. The molecule has 0 saturated carbocycles. The zero-order valence-electron chi connectivity index (χ0n) is 15.3. The van der Waals surface area contributed by atoms with Crippen LogP contribution >= 0.6 is 0 Å². The molecule has 0 fully saturated rings. The molecule has 5 nitrogen and oxygen atoms in total. The maximum atomic E-state index is 12.3. The minimum atomic E-state index is -0.799. The number of hydrogen-bond donors (Lipinski definition) is 1. The number of ether oxygens (including phenoxy) is 1. The van der Waals surface area contributed by atoms with Crippen LogP contribution in [0.5, 0.6) is 0 Å². The molecule has 0 radical (unpaired) electrons. The van der Waals surface area contributed by atoms with Gasteiger partial charge in [-0.3, -0.25) is 4.79 Å². The van der Waals surface area contributed by atoms with Gasteiger partial charge in [-0.05, 0) is 44.7 Å². The maximum Gasteiger partial charge on any atom is 0.410 e. The van der Waals surface area contributed by atoms with Gasteiger partial charge in [0.15, 0.2) is 0 Å². The summed E-state index contributed by atoms with van der Waals surface area (Å²) in [4.78, 5) is 24.6. The van der Waals surface area contributed by atoms with Crippen LogP contribution in [0.15, 0.2) is 24.3 Å². The third-order valence-corrected chi connectivity index (χ3v) is 3.70. The van der Waals surface area contributed by atoms with Gasteiger partial charge in [-0.15, -0.1) is 0 Å². The SMILES string of the molecule is CCCC(c1ccc(CCC(=O)O)cc1)N(C)C(=O)OC(C)(C)C. The second kappa shape index (κ2) is 8.71. The molecule has 0 aliphatic heterocycles. The van der Waals surface area contributed by atoms with Crippen LogP contribution in [-0.2, 0) is 16.0 Å². The van der Waals surface area contributed by atoms with Crippen molar-refractivity contribution in [1.82, 2.24) is 4.90 Å². The zero-order valence-corrected chi connectivity index (χ0v) is 15.3. The van der Waals surface area contributed by atoms with Crippen LogP contribution in [0.4, 0.5) is 4.79 Å². The van der Waals surface area contributed by atoms with E-state index in [9.17, 15) is 9.59 Å². The summed E-state index contributed by atoms with van der Waals surface area (Å²) < 4.78 is 5.46. The molecule has 1 atom stereocenters. The Hall–Kier alpha value is -2.04. The van der Waals surface area contributed by atoms with E-state index in [2.05, 4.69) is 6.92 Å². The van der Waals surface area contributed by atoms with Gasteiger partial charge in [-0.1, -0.05) is 37.6 Å². The van der Waals surface area contributed by atoms with E-state index in [-0.39, 0.29) is 18.6 Å². The van der Waals surface area contributed by atoms with Gasteiger partial charge < -0.3 is 14.7 Å². The van der Waals surface area contributed by atoms with Crippen molar-refractivity contribution in [3.63, 3.8) is 0 Å². The van der Waals surface area contributed by atoms with E-state index in [4.69, 9.17) is 9.84 Å². The number of benzene rings is 1. The predicted molar refractivity (Wildman–Crippen MR) is 94.0 cm³/mol. The number of hydrogen-bond acceptors (Lipinski definition) is 3. The first-order valence-corrected chi connectivity index (χ1v) is 8.40. The summed E-state index contributed by atoms with van der Waals surface area (Å²) in [5, 5.41) is 8.76. The third kappa shape index (κ3) is 6.60. The second-order valence-electron chi connectivity index (χ2n) is 7.03. The average Bonchev–Trinajstić information content (AvgIpc) is 2.49. The van der Waals surface area contributed by atoms with Crippen molar-refractivity contribution in [2.24, 2.45) is 0 Å². The van der Waals surface area contributed by atoms with Crippen molar-refractivity contribution < 1.29 is 19.4 Å². The number of rotatable bonds is 7. The number of carboxylic acids is 1. The molecule has 1 aromatic carbocycles. The molecule has 0 aromatic heterocycles. The highest BCUT2D eigenvalue weighted by Crippen LogP contribution is 2.26. The molecule has 1 aromatic rings. The highest BCUT2D eigenvalue weighted by Gasteiger charge is 2.25. The van der Waals surface area contributed by atoms with Gasteiger partial charge in [0.05, 0.1) is 6.04 Å². The number of nitrogens with zero attached hydrogens (tertiary/aromatic N) is 1. The highest BCUT2D eigenvalue weighted by atomic mass is 16.6. The monoisotopic (exact) mass is 335 g/mol. The summed E-state index contributed by atoms with van der Waals surface area (Å²) >= 11 is 0. The molecule has 0 aliphatic carbocycles. The van der Waals surface area contributed by atoms with E-state index in [1.807, 2.05) is 45.0 Å². The van der Waals surface area contributed by atoms with Gasteiger partial charge in [-0.25, -0.2) is 4.79 Å². The Balaban J connectivity index is 2.87. The van der Waals surface area contributed by atoms with E-state index < -0.39 is 11.6 Å². The summed E-state index contributed by atoms with van der Waals surface area (Å²) in [6.45, 7) is 7.64. The quantitative estimate of drug-likeness (QED) is 0.801. The van der Waals surface area contributed by atoms with Gasteiger partial charge >= 0.3 is 12.1 Å². The lowest BCUT2D eigenvalue weighted by Crippen LogP contribution is -2.36. The summed E-state index contributed by atoms with van der Waals surface area (Å²) in [6, 6.07) is 7.75. The van der Waals surface area contributed by atoms with Crippen molar-refractivity contribution in [2.45, 2.75) is 65.0 Å². The molecule has 1 amide bonds. The molecule has 0 heterocycles. The lowest BCUT2D eigenvalue weighted by atomic mass is 9.99. The topological polar surface area (TPSA) is 66.8 Å². The van der Waals surface area contributed by atoms with E-state index in [1.54, 1.807) is 11.9 Å². The van der Waals surface area contributed by atoms with Crippen molar-refractivity contribution in [1.29, 1.82) is 0 Å². The Kier molecular flexibility index (Phi) is 7.26. The van der Waals surface area contributed by atoms with Crippen LogP contribution < -0.4 is 0 Å². The van der Waals surface area contributed by atoms with Crippen molar-refractivity contribution in [3.05, 3.63) is 35.4 Å². The first-order valence-electron chi connectivity index (χ1n) is 8.40. The smallest absolute Gasteiger partial charge is 0.410 e. The number of carboxylic acid groups (broad SMARTS) is 1. The van der Waals surface area contributed by atoms with Crippen LogP contribution in [0.1, 0.15) is 64.1 Å². The molecular formula is C19H29NO4. The number of aryl methyl sites for hydroxylation is 1. The second-order valence-corrected chi connectivity index (χ2v) is 7.03. The molecule has 1 rings (SSSR count). The van der Waals surface area contributed by atoms with Crippen LogP contribution in [0.2, 0.25) is 0 Å². The number of carbonyl (C=O) groups is 2. The maximum absolute atomic E-state index is 12.3. The van der Waals surface area contributed by atoms with Crippen molar-refractivity contribution in [2.75, 3.05) is 7.05 Å². The van der Waals surface area contributed by atoms with Gasteiger partial charge in [0.1, 0.15) is 5.60 Å². The molecule has 1 N–H and O–H groups in total. The molecule has 1 unspecified atom stereocenters. The molecule has 134 valence electrons. The molecule has 0 aliphatic rings. The van der Waals surface area contributed by atoms with E-state index in [0.717, 1.165) is 24.0 Å². The zero-order chi connectivity index (χ0) is 18.3. The van der Waals surface area contributed by atoms with Crippen LogP contribution in [0, 0.1) is 0 Å². The highest BCUT2D eigenvalue weighted by molar-refractivity contribution is 5.68. The van der Waals surface area contributed by atoms with E-state index in [1.165, 1.54) is 0 Å². The number of amides is 1. The third-order valence-electron chi connectivity index (χ3n) is 3.70. The number of carbonyl (C=O) groups excluding carboxylic acids is 1. The van der Waals surface area contributed by atoms with Crippen molar-refractivity contribution in [3.8, 4) is 0 Å². The lowest BCUT2D eigenvalue weighted by molar-refractivity contribution is -0.136. The molecular weight excluding hydrogens is 306 g/mol. The normalized spacial score (nSPS) is 12.5. The molecule has 0 saturated heterocycles. The first-order chi connectivity index (χ1) is 11.1. The summed E-state index contributed by atoms with van der Waals surface area (Å²) in [6.07, 6.45) is 2.07. The largest absolute Gasteiger partial charge is 0.481 e. The molecule has 24 heavy (non-hydrogen) atoms.